The molecule has 0 unspecified atom stereocenters. The summed E-state index contributed by atoms with van der Waals surface area (Å²) in [6, 6.07) is 14.9. The predicted molar refractivity (Wildman–Crippen MR) is 110 cm³/mol. The lowest BCUT2D eigenvalue weighted by atomic mass is 10.0. The van der Waals surface area contributed by atoms with E-state index < -0.39 is 0 Å². The second kappa shape index (κ2) is 10.3. The van der Waals surface area contributed by atoms with Gasteiger partial charge in [-0.05, 0) is 47.9 Å². The van der Waals surface area contributed by atoms with E-state index in [4.69, 9.17) is 9.47 Å². The molecule has 28 heavy (non-hydrogen) atoms. The molecular formula is C22H28N2O4. The Kier molecular flexibility index (Phi) is 7.87. The summed E-state index contributed by atoms with van der Waals surface area (Å²) in [5.41, 5.74) is 1.90. The van der Waals surface area contributed by atoms with Crippen molar-refractivity contribution in [3.05, 3.63) is 54.1 Å². The van der Waals surface area contributed by atoms with Crippen LogP contribution in [0.25, 0.3) is 0 Å². The van der Waals surface area contributed by atoms with E-state index in [1.807, 2.05) is 36.4 Å². The highest BCUT2D eigenvalue weighted by atomic mass is 16.5. The van der Waals surface area contributed by atoms with Gasteiger partial charge < -0.3 is 19.7 Å². The lowest BCUT2D eigenvalue weighted by Gasteiger charge is -2.21. The normalized spacial score (nSPS) is 10.5. The molecular weight excluding hydrogens is 356 g/mol. The molecule has 1 N–H and O–H groups in total. The lowest BCUT2D eigenvalue weighted by Crippen LogP contribution is -2.41. The number of nitrogens with one attached hydrogen (secondary N) is 1. The molecule has 2 aromatic rings. The molecule has 0 fully saturated rings. The molecule has 150 valence electrons. The Labute approximate surface area is 166 Å². The monoisotopic (exact) mass is 384 g/mol. The van der Waals surface area contributed by atoms with Crippen LogP contribution < -0.4 is 19.7 Å². The highest BCUT2D eigenvalue weighted by Crippen LogP contribution is 2.20. The van der Waals surface area contributed by atoms with Gasteiger partial charge in [-0.3, -0.25) is 9.59 Å². The van der Waals surface area contributed by atoms with Gasteiger partial charge in [-0.25, -0.2) is 0 Å². The van der Waals surface area contributed by atoms with Crippen molar-refractivity contribution in [2.75, 3.05) is 31.7 Å². The standard InChI is InChI=1S/C22H28N2O4/c1-16(2)18-5-7-19(8-6-18)24(17(3)25)15-22(26)23-13-14-28-21-11-9-20(27-4)10-12-21/h5-12,16H,13-15H2,1-4H3,(H,23,26). The Morgan fingerprint density at radius 1 is 1.00 bits per heavy atom. The van der Waals surface area contributed by atoms with Crippen LogP contribution in [0.4, 0.5) is 5.69 Å². The Morgan fingerprint density at radius 2 is 1.61 bits per heavy atom. The van der Waals surface area contributed by atoms with Gasteiger partial charge in [0.05, 0.1) is 13.7 Å². The largest absolute Gasteiger partial charge is 0.497 e. The van der Waals surface area contributed by atoms with Crippen molar-refractivity contribution < 1.29 is 19.1 Å². The number of carbonyl (C=O) groups excluding carboxylic acids is 2. The molecule has 0 spiro atoms. The number of hydrogen-bond acceptors (Lipinski definition) is 4. The molecule has 0 aliphatic carbocycles. The van der Waals surface area contributed by atoms with Crippen LogP contribution in [0.2, 0.25) is 0 Å². The van der Waals surface area contributed by atoms with Crippen LogP contribution in [0.3, 0.4) is 0 Å². The minimum atomic E-state index is -0.235. The van der Waals surface area contributed by atoms with Crippen molar-refractivity contribution in [1.82, 2.24) is 5.32 Å². The molecule has 0 radical (unpaired) electrons. The second-order valence-electron chi connectivity index (χ2n) is 6.73. The van der Waals surface area contributed by atoms with Crippen LogP contribution in [-0.4, -0.2) is 38.6 Å². The molecule has 0 heterocycles. The molecule has 0 aliphatic heterocycles. The van der Waals surface area contributed by atoms with Crippen molar-refractivity contribution in [2.24, 2.45) is 0 Å². The van der Waals surface area contributed by atoms with Crippen molar-refractivity contribution in [3.63, 3.8) is 0 Å². The summed E-state index contributed by atoms with van der Waals surface area (Å²) in [6.45, 7) is 6.33. The van der Waals surface area contributed by atoms with Crippen molar-refractivity contribution in [2.45, 2.75) is 26.7 Å². The van der Waals surface area contributed by atoms with E-state index in [0.29, 0.717) is 30.5 Å². The zero-order valence-electron chi connectivity index (χ0n) is 16.9. The van der Waals surface area contributed by atoms with Crippen molar-refractivity contribution in [1.29, 1.82) is 0 Å². The Hall–Kier alpha value is -3.02. The molecule has 2 rings (SSSR count). The van der Waals surface area contributed by atoms with E-state index >= 15 is 0 Å². The summed E-state index contributed by atoms with van der Waals surface area (Å²) >= 11 is 0. The van der Waals surface area contributed by atoms with Crippen LogP contribution in [0.5, 0.6) is 11.5 Å². The first-order valence-corrected chi connectivity index (χ1v) is 9.32. The highest BCUT2D eigenvalue weighted by Gasteiger charge is 2.15. The van der Waals surface area contributed by atoms with Crippen molar-refractivity contribution >= 4 is 17.5 Å². The van der Waals surface area contributed by atoms with Gasteiger partial charge >= 0.3 is 0 Å². The molecule has 2 amide bonds. The molecule has 6 heteroatoms. The maximum absolute atomic E-state index is 12.2. The Bertz CT molecular complexity index is 770. The van der Waals surface area contributed by atoms with E-state index in [1.54, 1.807) is 19.2 Å². The minimum Gasteiger partial charge on any atom is -0.497 e. The van der Waals surface area contributed by atoms with E-state index in [0.717, 1.165) is 5.75 Å². The summed E-state index contributed by atoms with van der Waals surface area (Å²) in [5.74, 6) is 1.45. The van der Waals surface area contributed by atoms with Gasteiger partial charge in [0.15, 0.2) is 0 Å². The number of nitrogens with zero attached hydrogens (tertiary/aromatic N) is 1. The van der Waals surface area contributed by atoms with Crippen molar-refractivity contribution in [3.8, 4) is 11.5 Å². The van der Waals surface area contributed by atoms with Crippen LogP contribution in [0.15, 0.2) is 48.5 Å². The maximum atomic E-state index is 12.2. The molecule has 0 saturated heterocycles. The van der Waals surface area contributed by atoms with E-state index in [9.17, 15) is 9.59 Å². The first kappa shape index (κ1) is 21.3. The molecule has 0 saturated carbocycles. The van der Waals surface area contributed by atoms with E-state index in [-0.39, 0.29) is 18.4 Å². The average molecular weight is 384 g/mol. The number of rotatable bonds is 9. The summed E-state index contributed by atoms with van der Waals surface area (Å²) in [6.07, 6.45) is 0. The van der Waals surface area contributed by atoms with Gasteiger partial charge in [-0.1, -0.05) is 26.0 Å². The molecule has 0 atom stereocenters. The van der Waals surface area contributed by atoms with Crippen LogP contribution in [-0.2, 0) is 9.59 Å². The second-order valence-corrected chi connectivity index (χ2v) is 6.73. The number of ether oxygens (including phenoxy) is 2. The van der Waals surface area contributed by atoms with Crippen LogP contribution in [0, 0.1) is 0 Å². The average Bonchev–Trinajstić information content (AvgIpc) is 2.69. The highest BCUT2D eigenvalue weighted by molar-refractivity contribution is 5.97. The first-order valence-electron chi connectivity index (χ1n) is 9.32. The van der Waals surface area contributed by atoms with Gasteiger partial charge in [0.25, 0.3) is 0 Å². The summed E-state index contributed by atoms with van der Waals surface area (Å²) < 4.78 is 10.7. The lowest BCUT2D eigenvalue weighted by molar-refractivity contribution is -0.123. The Balaban J connectivity index is 1.82. The molecule has 0 aliphatic rings. The molecule has 0 bridgehead atoms. The maximum Gasteiger partial charge on any atom is 0.240 e. The summed E-state index contributed by atoms with van der Waals surface area (Å²) in [5, 5.41) is 2.78. The van der Waals surface area contributed by atoms with Crippen LogP contribution >= 0.6 is 0 Å². The number of methoxy groups -OCH3 is 1. The zero-order valence-corrected chi connectivity index (χ0v) is 16.9. The number of benzene rings is 2. The van der Waals surface area contributed by atoms with E-state index in [1.165, 1.54) is 17.4 Å². The fourth-order valence-electron chi connectivity index (χ4n) is 2.65. The smallest absolute Gasteiger partial charge is 0.240 e. The third kappa shape index (κ3) is 6.30. The molecule has 0 aromatic heterocycles. The SMILES string of the molecule is COc1ccc(OCCNC(=O)CN(C(C)=O)c2ccc(C(C)C)cc2)cc1. The molecule has 6 nitrogen and oxygen atoms in total. The van der Waals surface area contributed by atoms with Gasteiger partial charge in [0.2, 0.25) is 11.8 Å². The third-order valence-electron chi connectivity index (χ3n) is 4.31. The fraction of sp³-hybridized carbons (Fsp3) is 0.364. The minimum absolute atomic E-state index is 0.0289. The van der Waals surface area contributed by atoms with Gasteiger partial charge in [0.1, 0.15) is 24.7 Å². The summed E-state index contributed by atoms with van der Waals surface area (Å²) in [7, 11) is 1.61. The summed E-state index contributed by atoms with van der Waals surface area (Å²) in [4.78, 5) is 25.7. The first-order chi connectivity index (χ1) is 13.4. The third-order valence-corrected chi connectivity index (χ3v) is 4.31. The predicted octanol–water partition coefficient (Wildman–Crippen LogP) is 3.37. The quantitative estimate of drug-likeness (QED) is 0.673. The van der Waals surface area contributed by atoms with Gasteiger partial charge in [-0.2, -0.15) is 0 Å². The van der Waals surface area contributed by atoms with Gasteiger partial charge in [-0.15, -0.1) is 0 Å². The number of hydrogen-bond donors (Lipinski definition) is 1. The van der Waals surface area contributed by atoms with E-state index in [2.05, 4.69) is 19.2 Å². The number of amides is 2. The Morgan fingerprint density at radius 3 is 2.14 bits per heavy atom. The zero-order chi connectivity index (χ0) is 20.5. The fourth-order valence-corrected chi connectivity index (χ4v) is 2.65. The topological polar surface area (TPSA) is 67.9 Å². The van der Waals surface area contributed by atoms with Crippen LogP contribution in [0.1, 0.15) is 32.3 Å². The number of carbonyl (C=O) groups is 2. The number of anilines is 1. The van der Waals surface area contributed by atoms with Gasteiger partial charge in [0, 0.05) is 12.6 Å². The molecule has 2 aromatic carbocycles.